The lowest BCUT2D eigenvalue weighted by atomic mass is 9.97. The molecule has 1 amide bonds. The van der Waals surface area contributed by atoms with E-state index in [0.717, 1.165) is 12.8 Å². The van der Waals surface area contributed by atoms with Crippen molar-refractivity contribution in [3.8, 4) is 0 Å². The van der Waals surface area contributed by atoms with Gasteiger partial charge in [0.15, 0.2) is 0 Å². The Morgan fingerprint density at radius 1 is 1.39 bits per heavy atom. The molecule has 1 aliphatic rings. The van der Waals surface area contributed by atoms with Gasteiger partial charge >= 0.3 is 6.09 Å². The van der Waals surface area contributed by atoms with Crippen molar-refractivity contribution in [3.05, 3.63) is 0 Å². The summed E-state index contributed by atoms with van der Waals surface area (Å²) in [7, 11) is -1.82. The van der Waals surface area contributed by atoms with Gasteiger partial charge in [-0.2, -0.15) is 0 Å². The molecule has 0 aromatic rings. The molecule has 1 fully saturated rings. The molecule has 0 spiro atoms. The van der Waals surface area contributed by atoms with Crippen LogP contribution in [-0.2, 0) is 14.8 Å². The van der Waals surface area contributed by atoms with Gasteiger partial charge in [-0.15, -0.1) is 0 Å². The number of hydrogen-bond acceptors (Lipinski definition) is 4. The molecule has 0 aromatic heterocycles. The number of amides is 1. The second-order valence-electron chi connectivity index (χ2n) is 4.84. The van der Waals surface area contributed by atoms with Crippen LogP contribution in [0.25, 0.3) is 0 Å². The van der Waals surface area contributed by atoms with Crippen LogP contribution in [0.4, 0.5) is 4.79 Å². The molecule has 1 heterocycles. The topological polar surface area (TPSA) is 75.7 Å². The molecule has 0 atom stereocenters. The van der Waals surface area contributed by atoms with E-state index in [1.807, 2.05) is 0 Å². The quantitative estimate of drug-likeness (QED) is 0.825. The Hall–Kier alpha value is -0.820. The first-order chi connectivity index (χ1) is 8.36. The zero-order valence-electron chi connectivity index (χ0n) is 11.2. The van der Waals surface area contributed by atoms with Crippen LogP contribution < -0.4 is 4.72 Å². The molecule has 0 saturated carbocycles. The second-order valence-corrected chi connectivity index (χ2v) is 7.16. The zero-order valence-corrected chi connectivity index (χ0v) is 12.0. The van der Waals surface area contributed by atoms with Crippen LogP contribution >= 0.6 is 0 Å². The third-order valence-corrected chi connectivity index (χ3v) is 5.05. The number of carbonyl (C=O) groups is 1. The van der Waals surface area contributed by atoms with Crippen molar-refractivity contribution in [1.82, 2.24) is 9.62 Å². The SMILES string of the molecule is COC(=O)N1CCC(CNS(=O)(=O)C(C)C)CC1. The summed E-state index contributed by atoms with van der Waals surface area (Å²) < 4.78 is 30.5. The van der Waals surface area contributed by atoms with Gasteiger partial charge in [0, 0.05) is 19.6 Å². The number of nitrogens with zero attached hydrogens (tertiary/aromatic N) is 1. The summed E-state index contributed by atoms with van der Waals surface area (Å²) in [5, 5.41) is -0.410. The third kappa shape index (κ3) is 4.13. The van der Waals surface area contributed by atoms with Gasteiger partial charge in [0.1, 0.15) is 0 Å². The first kappa shape index (κ1) is 15.2. The lowest BCUT2D eigenvalue weighted by molar-refractivity contribution is 0.106. The van der Waals surface area contributed by atoms with Crippen molar-refractivity contribution in [1.29, 1.82) is 0 Å². The molecule has 1 aliphatic heterocycles. The number of hydrogen-bond donors (Lipinski definition) is 1. The predicted molar refractivity (Wildman–Crippen MR) is 68.8 cm³/mol. The molecule has 1 rings (SSSR count). The van der Waals surface area contributed by atoms with E-state index in [9.17, 15) is 13.2 Å². The molecule has 1 N–H and O–H groups in total. The highest BCUT2D eigenvalue weighted by atomic mass is 32.2. The monoisotopic (exact) mass is 278 g/mol. The maximum absolute atomic E-state index is 11.6. The Kier molecular flexibility index (Phi) is 5.40. The van der Waals surface area contributed by atoms with Crippen molar-refractivity contribution in [2.24, 2.45) is 5.92 Å². The third-order valence-electron chi connectivity index (χ3n) is 3.24. The van der Waals surface area contributed by atoms with Gasteiger partial charge in [-0.1, -0.05) is 0 Å². The van der Waals surface area contributed by atoms with Gasteiger partial charge in [0.25, 0.3) is 0 Å². The maximum atomic E-state index is 11.6. The summed E-state index contributed by atoms with van der Waals surface area (Å²) >= 11 is 0. The van der Waals surface area contributed by atoms with E-state index in [1.165, 1.54) is 7.11 Å². The summed E-state index contributed by atoms with van der Waals surface area (Å²) in [5.41, 5.74) is 0. The lowest BCUT2D eigenvalue weighted by Crippen LogP contribution is -2.42. The van der Waals surface area contributed by atoms with Crippen LogP contribution in [0.2, 0.25) is 0 Å². The van der Waals surface area contributed by atoms with E-state index >= 15 is 0 Å². The van der Waals surface area contributed by atoms with Crippen molar-refractivity contribution < 1.29 is 17.9 Å². The molecular formula is C11H22N2O4S. The molecule has 0 bridgehead atoms. The summed E-state index contributed by atoms with van der Waals surface area (Å²) in [6.45, 7) is 5.02. The van der Waals surface area contributed by atoms with Gasteiger partial charge in [-0.05, 0) is 32.6 Å². The predicted octanol–water partition coefficient (Wildman–Crippen LogP) is 0.793. The normalized spacial score (nSPS) is 18.1. The Morgan fingerprint density at radius 2 is 1.94 bits per heavy atom. The smallest absolute Gasteiger partial charge is 0.409 e. The minimum absolute atomic E-state index is 0.291. The highest BCUT2D eigenvalue weighted by molar-refractivity contribution is 7.90. The zero-order chi connectivity index (χ0) is 13.8. The van der Waals surface area contributed by atoms with Crippen LogP contribution in [0.1, 0.15) is 26.7 Å². The first-order valence-electron chi connectivity index (χ1n) is 6.18. The van der Waals surface area contributed by atoms with Gasteiger partial charge in [-0.25, -0.2) is 17.9 Å². The van der Waals surface area contributed by atoms with Crippen LogP contribution in [0, 0.1) is 5.92 Å². The molecule has 18 heavy (non-hydrogen) atoms. The number of carbonyl (C=O) groups excluding carboxylic acids is 1. The lowest BCUT2D eigenvalue weighted by Gasteiger charge is -2.31. The largest absolute Gasteiger partial charge is 0.453 e. The molecule has 0 radical (unpaired) electrons. The Morgan fingerprint density at radius 3 is 2.39 bits per heavy atom. The molecule has 0 unspecified atom stereocenters. The fraction of sp³-hybridized carbons (Fsp3) is 0.909. The molecular weight excluding hydrogens is 256 g/mol. The van der Waals surface area contributed by atoms with E-state index in [2.05, 4.69) is 9.46 Å². The van der Waals surface area contributed by atoms with Gasteiger partial charge in [0.05, 0.1) is 12.4 Å². The molecule has 7 heteroatoms. The molecule has 0 aliphatic carbocycles. The summed E-state index contributed by atoms with van der Waals surface area (Å²) in [4.78, 5) is 12.9. The van der Waals surface area contributed by atoms with E-state index in [4.69, 9.17) is 0 Å². The number of nitrogens with one attached hydrogen (secondary N) is 1. The van der Waals surface area contributed by atoms with Crippen LogP contribution in [0.15, 0.2) is 0 Å². The van der Waals surface area contributed by atoms with E-state index in [1.54, 1.807) is 18.7 Å². The fourth-order valence-corrected chi connectivity index (χ4v) is 2.65. The fourth-order valence-electron chi connectivity index (χ4n) is 1.85. The van der Waals surface area contributed by atoms with Crippen molar-refractivity contribution >= 4 is 16.1 Å². The van der Waals surface area contributed by atoms with Gasteiger partial charge in [0.2, 0.25) is 10.0 Å². The average molecular weight is 278 g/mol. The Labute approximate surface area is 109 Å². The van der Waals surface area contributed by atoms with Crippen LogP contribution in [0.5, 0.6) is 0 Å². The molecule has 6 nitrogen and oxygen atoms in total. The molecule has 1 saturated heterocycles. The summed E-state index contributed by atoms with van der Waals surface area (Å²) in [6.07, 6.45) is 1.29. The number of likely N-dealkylation sites (tertiary alicyclic amines) is 1. The summed E-state index contributed by atoms with van der Waals surface area (Å²) in [6, 6.07) is 0. The Balaban J connectivity index is 2.35. The second kappa shape index (κ2) is 6.38. The highest BCUT2D eigenvalue weighted by Crippen LogP contribution is 2.17. The number of rotatable bonds is 4. The number of sulfonamides is 1. The van der Waals surface area contributed by atoms with Gasteiger partial charge < -0.3 is 9.64 Å². The van der Waals surface area contributed by atoms with Crippen molar-refractivity contribution in [2.45, 2.75) is 31.9 Å². The van der Waals surface area contributed by atoms with Crippen LogP contribution in [0.3, 0.4) is 0 Å². The average Bonchev–Trinajstić information content (AvgIpc) is 2.36. The van der Waals surface area contributed by atoms with Crippen LogP contribution in [-0.4, -0.2) is 51.4 Å². The standard InChI is InChI=1S/C11H22N2O4S/c1-9(2)18(15,16)12-8-10-4-6-13(7-5-10)11(14)17-3/h9-10,12H,4-8H2,1-3H3. The molecule has 0 aromatic carbocycles. The number of ether oxygens (including phenoxy) is 1. The summed E-state index contributed by atoms with van der Waals surface area (Å²) in [5.74, 6) is 0.291. The van der Waals surface area contributed by atoms with E-state index in [-0.39, 0.29) is 6.09 Å². The minimum atomic E-state index is -3.19. The minimum Gasteiger partial charge on any atom is -0.453 e. The van der Waals surface area contributed by atoms with E-state index < -0.39 is 15.3 Å². The van der Waals surface area contributed by atoms with Crippen molar-refractivity contribution in [3.63, 3.8) is 0 Å². The first-order valence-corrected chi connectivity index (χ1v) is 7.73. The van der Waals surface area contributed by atoms with Crippen molar-refractivity contribution in [2.75, 3.05) is 26.7 Å². The van der Waals surface area contributed by atoms with E-state index in [0.29, 0.717) is 25.6 Å². The highest BCUT2D eigenvalue weighted by Gasteiger charge is 2.24. The van der Waals surface area contributed by atoms with Gasteiger partial charge in [-0.3, -0.25) is 0 Å². The number of piperidine rings is 1. The maximum Gasteiger partial charge on any atom is 0.409 e. The number of methoxy groups -OCH3 is 1. The molecule has 106 valence electrons. The Bertz CT molecular complexity index is 373.